The fourth-order valence-electron chi connectivity index (χ4n) is 3.45. The van der Waals surface area contributed by atoms with Crippen molar-refractivity contribution >= 4 is 33.0 Å². The van der Waals surface area contributed by atoms with Crippen LogP contribution in [0.15, 0.2) is 41.6 Å². The van der Waals surface area contributed by atoms with Crippen LogP contribution in [-0.4, -0.2) is 29.3 Å². The van der Waals surface area contributed by atoms with E-state index < -0.39 is 23.2 Å². The van der Waals surface area contributed by atoms with Crippen LogP contribution < -0.4 is 5.56 Å². The standard InChI is InChI=1S/C18H10F4N6O/c1-27-6-9-8-5-10(19)15(18(20,21)22)25-16(8)28(17(29)13(9)26-27)12-4-2-3-11-14(12)24-7-23-11/h2-7H,1H3,(H,23,24). The second kappa shape index (κ2) is 5.63. The summed E-state index contributed by atoms with van der Waals surface area (Å²) < 4.78 is 56.5. The lowest BCUT2D eigenvalue weighted by molar-refractivity contribution is -0.143. The molecule has 0 aliphatic heterocycles. The summed E-state index contributed by atoms with van der Waals surface area (Å²) >= 11 is 0. The smallest absolute Gasteiger partial charge is 0.345 e. The molecule has 0 fully saturated rings. The SMILES string of the molecule is Cn1cc2c(n1)c(=O)n(-c1cccc3[nH]cnc13)c1nc(C(F)(F)F)c(F)cc21. The normalized spacial score (nSPS) is 12.4. The number of fused-ring (bicyclic) bond motifs is 4. The molecule has 1 aromatic carbocycles. The summed E-state index contributed by atoms with van der Waals surface area (Å²) in [5.74, 6) is -1.53. The van der Waals surface area contributed by atoms with E-state index in [9.17, 15) is 22.4 Å². The number of imidazole rings is 1. The highest BCUT2D eigenvalue weighted by atomic mass is 19.4. The van der Waals surface area contributed by atoms with Crippen LogP contribution in [-0.2, 0) is 13.2 Å². The van der Waals surface area contributed by atoms with Crippen molar-refractivity contribution in [1.82, 2.24) is 29.3 Å². The number of aromatic amines is 1. The van der Waals surface area contributed by atoms with Crippen molar-refractivity contribution in [2.45, 2.75) is 6.18 Å². The summed E-state index contributed by atoms with van der Waals surface area (Å²) in [6.07, 6.45) is -2.19. The molecule has 0 aliphatic rings. The number of para-hydroxylation sites is 1. The average molecular weight is 402 g/mol. The fraction of sp³-hybridized carbons (Fsp3) is 0.111. The van der Waals surface area contributed by atoms with Gasteiger partial charge < -0.3 is 4.98 Å². The van der Waals surface area contributed by atoms with Gasteiger partial charge in [-0.2, -0.15) is 18.3 Å². The highest BCUT2D eigenvalue weighted by molar-refractivity contribution is 6.04. The molecule has 1 N–H and O–H groups in total. The zero-order valence-electron chi connectivity index (χ0n) is 14.6. The Bertz CT molecular complexity index is 1490. The third kappa shape index (κ3) is 2.43. The molecule has 4 aromatic heterocycles. The Hall–Kier alpha value is -3.76. The quantitative estimate of drug-likeness (QED) is 0.436. The Kier molecular flexibility index (Phi) is 3.37. The summed E-state index contributed by atoms with van der Waals surface area (Å²) in [7, 11) is 1.55. The number of pyridine rings is 2. The van der Waals surface area contributed by atoms with Crippen molar-refractivity contribution in [2.75, 3.05) is 0 Å². The number of rotatable bonds is 1. The first-order chi connectivity index (χ1) is 13.8. The van der Waals surface area contributed by atoms with Crippen LogP contribution in [0.25, 0.3) is 38.7 Å². The van der Waals surface area contributed by atoms with Gasteiger partial charge in [0, 0.05) is 24.0 Å². The van der Waals surface area contributed by atoms with Gasteiger partial charge >= 0.3 is 6.18 Å². The van der Waals surface area contributed by atoms with Crippen molar-refractivity contribution in [3.63, 3.8) is 0 Å². The number of hydrogen-bond acceptors (Lipinski definition) is 4. The number of halogens is 4. The van der Waals surface area contributed by atoms with Crippen LogP contribution in [0.5, 0.6) is 0 Å². The molecule has 0 saturated carbocycles. The molecule has 0 radical (unpaired) electrons. The van der Waals surface area contributed by atoms with Gasteiger partial charge in [0.2, 0.25) is 0 Å². The van der Waals surface area contributed by atoms with E-state index in [4.69, 9.17) is 0 Å². The van der Waals surface area contributed by atoms with Crippen molar-refractivity contribution in [2.24, 2.45) is 7.05 Å². The first-order valence-electron chi connectivity index (χ1n) is 8.34. The molecule has 146 valence electrons. The third-order valence-corrected chi connectivity index (χ3v) is 4.63. The molecule has 0 amide bonds. The molecule has 5 aromatic rings. The van der Waals surface area contributed by atoms with Crippen molar-refractivity contribution < 1.29 is 17.6 Å². The summed E-state index contributed by atoms with van der Waals surface area (Å²) in [6, 6.07) is 5.57. The second-order valence-electron chi connectivity index (χ2n) is 6.47. The maximum Gasteiger partial charge on any atom is 0.436 e. The van der Waals surface area contributed by atoms with Gasteiger partial charge in [0.15, 0.2) is 17.0 Å². The predicted octanol–water partition coefficient (Wildman–Crippen LogP) is 3.31. The Morgan fingerprint density at radius 3 is 2.69 bits per heavy atom. The predicted molar refractivity (Wildman–Crippen MR) is 96.2 cm³/mol. The Morgan fingerprint density at radius 2 is 1.93 bits per heavy atom. The first-order valence-corrected chi connectivity index (χ1v) is 8.34. The number of aromatic nitrogens is 6. The van der Waals surface area contributed by atoms with Gasteiger partial charge in [0.05, 0.1) is 17.5 Å². The van der Waals surface area contributed by atoms with E-state index in [2.05, 4.69) is 20.1 Å². The highest BCUT2D eigenvalue weighted by Crippen LogP contribution is 2.33. The van der Waals surface area contributed by atoms with Crippen LogP contribution in [0, 0.1) is 5.82 Å². The molecule has 4 heterocycles. The lowest BCUT2D eigenvalue weighted by Crippen LogP contribution is -2.22. The molecular weight excluding hydrogens is 392 g/mol. The molecule has 0 saturated heterocycles. The van der Waals surface area contributed by atoms with E-state index in [1.807, 2.05) is 0 Å². The summed E-state index contributed by atoms with van der Waals surface area (Å²) in [6.45, 7) is 0. The number of hydrogen-bond donors (Lipinski definition) is 1. The number of nitrogens with zero attached hydrogens (tertiary/aromatic N) is 5. The van der Waals surface area contributed by atoms with E-state index in [-0.39, 0.29) is 27.6 Å². The van der Waals surface area contributed by atoms with Crippen LogP contribution in [0.3, 0.4) is 0 Å². The van der Waals surface area contributed by atoms with Gasteiger partial charge in [0.1, 0.15) is 11.2 Å². The highest BCUT2D eigenvalue weighted by Gasteiger charge is 2.37. The van der Waals surface area contributed by atoms with Crippen molar-refractivity contribution in [1.29, 1.82) is 0 Å². The Labute approximate surface area is 158 Å². The maximum atomic E-state index is 14.3. The Balaban J connectivity index is 2.05. The molecule has 5 rings (SSSR count). The van der Waals surface area contributed by atoms with Gasteiger partial charge in [-0.05, 0) is 18.2 Å². The lowest BCUT2D eigenvalue weighted by atomic mass is 10.1. The minimum Gasteiger partial charge on any atom is -0.345 e. The second-order valence-corrected chi connectivity index (χ2v) is 6.47. The van der Waals surface area contributed by atoms with Gasteiger partial charge in [-0.25, -0.2) is 14.4 Å². The number of nitrogens with one attached hydrogen (secondary N) is 1. The fourth-order valence-corrected chi connectivity index (χ4v) is 3.45. The topological polar surface area (TPSA) is 81.4 Å². The number of H-pyrrole nitrogens is 1. The van der Waals surface area contributed by atoms with Crippen LogP contribution in [0.1, 0.15) is 5.69 Å². The summed E-state index contributed by atoms with van der Waals surface area (Å²) in [5.41, 5.74) is -1.61. The van der Waals surface area contributed by atoms with Gasteiger partial charge in [0.25, 0.3) is 5.56 Å². The van der Waals surface area contributed by atoms with Crippen molar-refractivity contribution in [3.05, 3.63) is 58.7 Å². The average Bonchev–Trinajstić information content (AvgIpc) is 3.28. The van der Waals surface area contributed by atoms with Crippen LogP contribution in [0.4, 0.5) is 17.6 Å². The largest absolute Gasteiger partial charge is 0.436 e. The molecule has 11 heteroatoms. The van der Waals surface area contributed by atoms with Crippen LogP contribution in [0.2, 0.25) is 0 Å². The van der Waals surface area contributed by atoms with E-state index in [0.29, 0.717) is 11.0 Å². The van der Waals surface area contributed by atoms with E-state index in [0.717, 1.165) is 10.6 Å². The monoisotopic (exact) mass is 402 g/mol. The molecule has 0 unspecified atom stereocenters. The van der Waals surface area contributed by atoms with Crippen LogP contribution >= 0.6 is 0 Å². The van der Waals surface area contributed by atoms with Crippen molar-refractivity contribution in [3.8, 4) is 5.69 Å². The molecule has 0 spiro atoms. The maximum absolute atomic E-state index is 14.3. The molecule has 7 nitrogen and oxygen atoms in total. The number of alkyl halides is 3. The molecule has 29 heavy (non-hydrogen) atoms. The Morgan fingerprint density at radius 1 is 1.14 bits per heavy atom. The third-order valence-electron chi connectivity index (χ3n) is 4.63. The molecule has 0 atom stereocenters. The molecule has 0 bridgehead atoms. The zero-order valence-corrected chi connectivity index (χ0v) is 14.6. The van der Waals surface area contributed by atoms with E-state index in [1.54, 1.807) is 19.2 Å². The molecule has 0 aliphatic carbocycles. The summed E-state index contributed by atoms with van der Waals surface area (Å²) in [4.78, 5) is 23.8. The number of benzene rings is 1. The minimum atomic E-state index is -5.03. The summed E-state index contributed by atoms with van der Waals surface area (Å²) in [5, 5.41) is 4.34. The van der Waals surface area contributed by atoms with Gasteiger partial charge in [-0.3, -0.25) is 14.0 Å². The number of aryl methyl sites for hydroxylation is 1. The van der Waals surface area contributed by atoms with Gasteiger partial charge in [-0.1, -0.05) is 6.07 Å². The lowest BCUT2D eigenvalue weighted by Gasteiger charge is -2.14. The zero-order chi connectivity index (χ0) is 20.5. The van der Waals surface area contributed by atoms with Gasteiger partial charge in [-0.15, -0.1) is 0 Å². The first kappa shape index (κ1) is 17.3. The minimum absolute atomic E-state index is 0.0199. The van der Waals surface area contributed by atoms with E-state index >= 15 is 0 Å². The van der Waals surface area contributed by atoms with E-state index in [1.165, 1.54) is 23.3 Å². The molecular formula is C18H10F4N6O.